The molecule has 4 aromatic heterocycles. The van der Waals surface area contributed by atoms with Crippen LogP contribution in [0.3, 0.4) is 0 Å². The average Bonchev–Trinajstić information content (AvgIpc) is 3.43. The van der Waals surface area contributed by atoms with Crippen LogP contribution in [-0.4, -0.2) is 56.2 Å². The van der Waals surface area contributed by atoms with Crippen molar-refractivity contribution in [1.82, 2.24) is 34.7 Å². The zero-order valence-electron chi connectivity index (χ0n) is 19.2. The summed E-state index contributed by atoms with van der Waals surface area (Å²) >= 11 is 6.36. The minimum atomic E-state index is -0.876. The quantitative estimate of drug-likeness (QED) is 0.408. The molecule has 1 unspecified atom stereocenters. The Morgan fingerprint density at radius 1 is 1.17 bits per heavy atom. The van der Waals surface area contributed by atoms with Gasteiger partial charge >= 0.3 is 0 Å². The summed E-state index contributed by atoms with van der Waals surface area (Å²) in [5.41, 5.74) is 2.91. The van der Waals surface area contributed by atoms with Gasteiger partial charge in [0.2, 0.25) is 5.88 Å². The van der Waals surface area contributed by atoms with Gasteiger partial charge in [-0.25, -0.2) is 18.4 Å². The maximum absolute atomic E-state index is 14.3. The highest BCUT2D eigenvalue weighted by molar-refractivity contribution is 6.29. The Balaban J connectivity index is 1.47. The summed E-state index contributed by atoms with van der Waals surface area (Å²) in [5, 5.41) is 12.6. The maximum Gasteiger partial charge on any atom is 0.201 e. The molecule has 0 aliphatic carbocycles. The van der Waals surface area contributed by atoms with Gasteiger partial charge in [-0.3, -0.25) is 9.38 Å². The van der Waals surface area contributed by atoms with Crippen molar-refractivity contribution in [3.63, 3.8) is 0 Å². The van der Waals surface area contributed by atoms with Crippen LogP contribution in [0.1, 0.15) is 36.4 Å². The number of hydrogen-bond acceptors (Lipinski definition) is 7. The molecule has 0 amide bonds. The SMILES string of the molecule is COC(COc1cc(-c2nnn(C3CCNCC3)c2C)cc2ncc(Cl)n12)c1ncc(F)cc1F. The third kappa shape index (κ3) is 4.58. The van der Waals surface area contributed by atoms with Gasteiger partial charge < -0.3 is 14.8 Å². The van der Waals surface area contributed by atoms with Crippen LogP contribution in [0.4, 0.5) is 8.78 Å². The van der Waals surface area contributed by atoms with E-state index in [-0.39, 0.29) is 12.3 Å². The Morgan fingerprint density at radius 2 is 1.97 bits per heavy atom. The van der Waals surface area contributed by atoms with Crippen molar-refractivity contribution >= 4 is 17.2 Å². The largest absolute Gasteiger partial charge is 0.475 e. The molecule has 184 valence electrons. The van der Waals surface area contributed by atoms with E-state index in [2.05, 4.69) is 25.6 Å². The summed E-state index contributed by atoms with van der Waals surface area (Å²) in [7, 11) is 1.40. The number of pyridine rings is 2. The fourth-order valence-corrected chi connectivity index (χ4v) is 4.59. The number of hydrogen-bond donors (Lipinski definition) is 1. The molecule has 35 heavy (non-hydrogen) atoms. The molecule has 0 bridgehead atoms. The van der Waals surface area contributed by atoms with E-state index in [1.165, 1.54) is 13.3 Å². The van der Waals surface area contributed by atoms with Crippen LogP contribution in [0, 0.1) is 18.6 Å². The number of methoxy groups -OCH3 is 1. The van der Waals surface area contributed by atoms with E-state index in [0.717, 1.165) is 49.5 Å². The summed E-state index contributed by atoms with van der Waals surface area (Å²) in [5.74, 6) is -1.22. The molecule has 4 aromatic rings. The third-order valence-corrected chi connectivity index (χ3v) is 6.46. The van der Waals surface area contributed by atoms with Gasteiger partial charge in [0, 0.05) is 24.8 Å². The third-order valence-electron chi connectivity index (χ3n) is 6.19. The van der Waals surface area contributed by atoms with Gasteiger partial charge in [0.15, 0.2) is 0 Å². The molecule has 1 saturated heterocycles. The molecule has 1 aliphatic rings. The van der Waals surface area contributed by atoms with Crippen molar-refractivity contribution in [3.8, 4) is 17.1 Å². The van der Waals surface area contributed by atoms with Gasteiger partial charge in [-0.15, -0.1) is 5.10 Å². The number of rotatable bonds is 7. The van der Waals surface area contributed by atoms with Gasteiger partial charge in [-0.05, 0) is 38.9 Å². The monoisotopic (exact) mass is 503 g/mol. The molecule has 0 radical (unpaired) electrons. The highest BCUT2D eigenvalue weighted by Gasteiger charge is 2.23. The Kier molecular flexibility index (Phi) is 6.63. The van der Waals surface area contributed by atoms with Crippen molar-refractivity contribution in [2.24, 2.45) is 0 Å². The molecule has 1 aliphatic heterocycles. The van der Waals surface area contributed by atoms with Gasteiger partial charge in [0.25, 0.3) is 0 Å². The fraction of sp³-hybridized carbons (Fsp3) is 0.391. The zero-order valence-corrected chi connectivity index (χ0v) is 20.0. The van der Waals surface area contributed by atoms with Crippen LogP contribution >= 0.6 is 11.6 Å². The Hall–Kier alpha value is -3.15. The first-order valence-electron chi connectivity index (χ1n) is 11.2. The predicted octanol–water partition coefficient (Wildman–Crippen LogP) is 3.92. The predicted molar refractivity (Wildman–Crippen MR) is 124 cm³/mol. The molecular weight excluding hydrogens is 480 g/mol. The molecule has 1 atom stereocenters. The normalized spacial score (nSPS) is 15.6. The smallest absolute Gasteiger partial charge is 0.201 e. The van der Waals surface area contributed by atoms with E-state index < -0.39 is 17.7 Å². The van der Waals surface area contributed by atoms with Crippen molar-refractivity contribution in [2.45, 2.75) is 31.9 Å². The van der Waals surface area contributed by atoms with E-state index in [1.807, 2.05) is 17.7 Å². The average molecular weight is 504 g/mol. The van der Waals surface area contributed by atoms with Gasteiger partial charge in [0.05, 0.1) is 24.1 Å². The van der Waals surface area contributed by atoms with Crippen LogP contribution in [0.2, 0.25) is 5.15 Å². The number of nitrogens with zero attached hydrogens (tertiary/aromatic N) is 6. The van der Waals surface area contributed by atoms with E-state index in [9.17, 15) is 8.78 Å². The second kappa shape index (κ2) is 9.84. The second-order valence-corrected chi connectivity index (χ2v) is 8.75. The highest BCUT2D eigenvalue weighted by Crippen LogP contribution is 2.32. The van der Waals surface area contributed by atoms with Crippen LogP contribution in [0.25, 0.3) is 16.9 Å². The summed E-state index contributed by atoms with van der Waals surface area (Å²) in [6.45, 7) is 3.78. The molecule has 12 heteroatoms. The van der Waals surface area contributed by atoms with Crippen molar-refractivity contribution < 1.29 is 18.3 Å². The number of imidazole rings is 1. The number of nitrogens with one attached hydrogen (secondary N) is 1. The zero-order chi connectivity index (χ0) is 24.5. The van der Waals surface area contributed by atoms with E-state index >= 15 is 0 Å². The number of fused-ring (bicyclic) bond motifs is 1. The minimum absolute atomic E-state index is 0.0567. The summed E-state index contributed by atoms with van der Waals surface area (Å²) < 4.78 is 42.6. The molecule has 5 rings (SSSR count). The van der Waals surface area contributed by atoms with Crippen molar-refractivity contribution in [3.05, 3.63) is 58.8 Å². The standard InChI is InChI=1S/C23H24ClF2N7O2/c1-13-22(30-31-33(13)16-3-5-27-6-4-16)14-7-20-28-11-19(24)32(20)21(8-14)35-12-18(34-2)23-17(26)9-15(25)10-29-23/h7-11,16,18,27H,3-6,12H2,1-2H3. The van der Waals surface area contributed by atoms with E-state index in [1.54, 1.807) is 10.5 Å². The number of ether oxygens (including phenoxy) is 2. The Morgan fingerprint density at radius 3 is 2.71 bits per heavy atom. The molecule has 0 aromatic carbocycles. The van der Waals surface area contributed by atoms with Crippen LogP contribution in [0.15, 0.2) is 30.6 Å². The Labute approximate surface area is 205 Å². The van der Waals surface area contributed by atoms with Crippen LogP contribution in [-0.2, 0) is 4.74 Å². The lowest BCUT2D eigenvalue weighted by molar-refractivity contribution is 0.0497. The first-order chi connectivity index (χ1) is 17.0. The molecule has 1 fully saturated rings. The van der Waals surface area contributed by atoms with Crippen molar-refractivity contribution in [1.29, 1.82) is 0 Å². The topological polar surface area (TPSA) is 91.4 Å². The number of aromatic nitrogens is 6. The molecule has 0 spiro atoms. The minimum Gasteiger partial charge on any atom is -0.475 e. The van der Waals surface area contributed by atoms with Crippen LogP contribution < -0.4 is 10.1 Å². The summed E-state index contributed by atoms with van der Waals surface area (Å²) in [6, 6.07) is 4.69. The first-order valence-corrected chi connectivity index (χ1v) is 11.6. The lowest BCUT2D eigenvalue weighted by Gasteiger charge is -2.23. The number of halogens is 3. The van der Waals surface area contributed by atoms with Gasteiger partial charge in [-0.2, -0.15) is 0 Å². The Bertz CT molecular complexity index is 1350. The maximum atomic E-state index is 14.3. The second-order valence-electron chi connectivity index (χ2n) is 8.36. The summed E-state index contributed by atoms with van der Waals surface area (Å²) in [6.07, 6.45) is 3.55. The van der Waals surface area contributed by atoms with E-state index in [4.69, 9.17) is 21.1 Å². The van der Waals surface area contributed by atoms with Gasteiger partial charge in [0.1, 0.15) is 46.5 Å². The molecule has 1 N–H and O–H groups in total. The number of piperidine rings is 1. The molecule has 5 heterocycles. The first kappa shape index (κ1) is 23.6. The molecule has 0 saturated carbocycles. The van der Waals surface area contributed by atoms with Crippen LogP contribution in [0.5, 0.6) is 5.88 Å². The lowest BCUT2D eigenvalue weighted by atomic mass is 10.1. The fourth-order valence-electron chi connectivity index (χ4n) is 4.37. The molecule has 9 nitrogen and oxygen atoms in total. The molecular formula is C23H24ClF2N7O2. The highest BCUT2D eigenvalue weighted by atomic mass is 35.5. The lowest BCUT2D eigenvalue weighted by Crippen LogP contribution is -2.30. The summed E-state index contributed by atoms with van der Waals surface area (Å²) in [4.78, 5) is 8.19. The van der Waals surface area contributed by atoms with E-state index in [0.29, 0.717) is 28.4 Å². The van der Waals surface area contributed by atoms with Gasteiger partial charge in [-0.1, -0.05) is 16.8 Å². The van der Waals surface area contributed by atoms with Crippen molar-refractivity contribution in [2.75, 3.05) is 26.8 Å².